The van der Waals surface area contributed by atoms with Crippen molar-refractivity contribution in [1.82, 2.24) is 9.97 Å². The first-order chi connectivity index (χ1) is 7.63. The molecule has 0 bridgehead atoms. The highest BCUT2D eigenvalue weighted by Crippen LogP contribution is 2.21. The highest BCUT2D eigenvalue weighted by molar-refractivity contribution is 5.42. The van der Waals surface area contributed by atoms with Gasteiger partial charge in [-0.05, 0) is 26.7 Å². The van der Waals surface area contributed by atoms with Crippen LogP contribution in [0.1, 0.15) is 50.4 Å². The molecule has 0 amide bonds. The van der Waals surface area contributed by atoms with Crippen molar-refractivity contribution in [3.8, 4) is 0 Å². The zero-order chi connectivity index (χ0) is 12.1. The fourth-order valence-electron chi connectivity index (χ4n) is 1.80. The smallest absolute Gasteiger partial charge is 0.159 e. The van der Waals surface area contributed by atoms with Gasteiger partial charge in [0.25, 0.3) is 0 Å². The minimum Gasteiger partial charge on any atom is -0.383 e. The Balaban J connectivity index is 3.06. The molecule has 0 saturated carbocycles. The number of anilines is 1. The summed E-state index contributed by atoms with van der Waals surface area (Å²) in [6.07, 6.45) is 1.68. The van der Waals surface area contributed by atoms with E-state index in [9.17, 15) is 0 Å². The van der Waals surface area contributed by atoms with Crippen LogP contribution in [0.4, 0.5) is 5.82 Å². The highest BCUT2D eigenvalue weighted by Gasteiger charge is 2.15. The molecule has 0 radical (unpaired) electrons. The fourth-order valence-corrected chi connectivity index (χ4v) is 1.80. The lowest BCUT2D eigenvalue weighted by molar-refractivity contribution is 0.0534. The number of hydrogen-bond acceptors (Lipinski definition) is 4. The fraction of sp³-hybridized carbons (Fsp3) is 0.667. The van der Waals surface area contributed by atoms with E-state index in [1.807, 2.05) is 13.8 Å². The van der Waals surface area contributed by atoms with E-state index in [0.29, 0.717) is 18.2 Å². The first-order valence-electron chi connectivity index (χ1n) is 5.88. The Labute approximate surface area is 97.2 Å². The van der Waals surface area contributed by atoms with E-state index in [-0.39, 0.29) is 6.10 Å². The maximum Gasteiger partial charge on any atom is 0.159 e. The predicted molar refractivity (Wildman–Crippen MR) is 65.2 cm³/mol. The van der Waals surface area contributed by atoms with Crippen molar-refractivity contribution in [2.24, 2.45) is 0 Å². The number of aryl methyl sites for hydroxylation is 1. The van der Waals surface area contributed by atoms with Gasteiger partial charge in [-0.2, -0.15) is 0 Å². The average molecular weight is 223 g/mol. The predicted octanol–water partition coefficient (Wildman–Crippen LogP) is 2.42. The number of rotatable bonds is 5. The zero-order valence-corrected chi connectivity index (χ0v) is 10.6. The van der Waals surface area contributed by atoms with Gasteiger partial charge in [0.2, 0.25) is 0 Å². The Hall–Kier alpha value is -1.16. The van der Waals surface area contributed by atoms with Gasteiger partial charge in [0.15, 0.2) is 5.82 Å². The third-order valence-electron chi connectivity index (χ3n) is 2.64. The molecule has 1 heterocycles. The molecule has 1 rings (SSSR count). The largest absolute Gasteiger partial charge is 0.383 e. The Kier molecular flexibility index (Phi) is 4.68. The van der Waals surface area contributed by atoms with Gasteiger partial charge in [-0.3, -0.25) is 0 Å². The van der Waals surface area contributed by atoms with Crippen LogP contribution < -0.4 is 5.73 Å². The van der Waals surface area contributed by atoms with Gasteiger partial charge in [-0.15, -0.1) is 0 Å². The summed E-state index contributed by atoms with van der Waals surface area (Å²) in [5, 5.41) is 0. The van der Waals surface area contributed by atoms with Gasteiger partial charge in [-0.1, -0.05) is 13.8 Å². The molecule has 0 saturated heterocycles. The normalized spacial score (nSPS) is 12.8. The monoisotopic (exact) mass is 223 g/mol. The Morgan fingerprint density at radius 3 is 2.38 bits per heavy atom. The van der Waals surface area contributed by atoms with Crippen LogP contribution in [-0.2, 0) is 11.2 Å². The van der Waals surface area contributed by atoms with E-state index >= 15 is 0 Å². The van der Waals surface area contributed by atoms with Crippen molar-refractivity contribution in [1.29, 1.82) is 0 Å². The Morgan fingerprint density at radius 1 is 1.25 bits per heavy atom. The molecule has 0 aliphatic carbocycles. The molecule has 2 N–H and O–H groups in total. The van der Waals surface area contributed by atoms with Gasteiger partial charge in [0.05, 0.1) is 0 Å². The minimum atomic E-state index is -0.0445. The second-order valence-corrected chi connectivity index (χ2v) is 3.74. The molecule has 1 aromatic heterocycles. The first-order valence-corrected chi connectivity index (χ1v) is 5.88. The summed E-state index contributed by atoms with van der Waals surface area (Å²) in [7, 11) is 0. The van der Waals surface area contributed by atoms with E-state index in [4.69, 9.17) is 10.5 Å². The molecule has 1 aromatic rings. The summed E-state index contributed by atoms with van der Waals surface area (Å²) in [4.78, 5) is 8.81. The molecule has 0 aromatic carbocycles. The van der Waals surface area contributed by atoms with Crippen LogP contribution in [0.15, 0.2) is 0 Å². The third-order valence-corrected chi connectivity index (χ3v) is 2.64. The third kappa shape index (κ3) is 2.70. The van der Waals surface area contributed by atoms with E-state index in [1.165, 1.54) is 0 Å². The number of nitrogen functional groups attached to an aromatic ring is 1. The second-order valence-electron chi connectivity index (χ2n) is 3.74. The maximum atomic E-state index is 5.91. The molecular weight excluding hydrogens is 202 g/mol. The summed E-state index contributed by atoms with van der Waals surface area (Å²) in [5.74, 6) is 1.29. The molecule has 16 heavy (non-hydrogen) atoms. The molecule has 0 fully saturated rings. The SMILES string of the molecule is CCOC(CC)c1nc(C)c(CC)c(N)n1. The van der Waals surface area contributed by atoms with E-state index in [0.717, 1.165) is 24.1 Å². The van der Waals surface area contributed by atoms with E-state index < -0.39 is 0 Å². The van der Waals surface area contributed by atoms with Crippen molar-refractivity contribution in [2.45, 2.75) is 46.6 Å². The number of nitrogens with zero attached hydrogens (tertiary/aromatic N) is 2. The molecule has 4 nitrogen and oxygen atoms in total. The molecule has 1 unspecified atom stereocenters. The highest BCUT2D eigenvalue weighted by atomic mass is 16.5. The van der Waals surface area contributed by atoms with E-state index in [1.54, 1.807) is 0 Å². The maximum absolute atomic E-state index is 5.91. The summed E-state index contributed by atoms with van der Waals surface area (Å²) in [6, 6.07) is 0. The van der Waals surface area contributed by atoms with Crippen LogP contribution >= 0.6 is 0 Å². The lowest BCUT2D eigenvalue weighted by Crippen LogP contribution is -2.12. The van der Waals surface area contributed by atoms with Crippen molar-refractivity contribution < 1.29 is 4.74 Å². The number of ether oxygens (including phenoxy) is 1. The second kappa shape index (κ2) is 5.80. The lowest BCUT2D eigenvalue weighted by atomic mass is 10.1. The number of hydrogen-bond donors (Lipinski definition) is 1. The van der Waals surface area contributed by atoms with Crippen molar-refractivity contribution in [2.75, 3.05) is 12.3 Å². The number of nitrogens with two attached hydrogens (primary N) is 1. The van der Waals surface area contributed by atoms with Gasteiger partial charge in [0, 0.05) is 17.9 Å². The molecule has 1 atom stereocenters. The molecule has 0 aliphatic rings. The van der Waals surface area contributed by atoms with Crippen LogP contribution in [0.2, 0.25) is 0 Å². The van der Waals surface area contributed by atoms with Crippen LogP contribution in [0, 0.1) is 6.92 Å². The van der Waals surface area contributed by atoms with Gasteiger partial charge < -0.3 is 10.5 Å². The Morgan fingerprint density at radius 2 is 1.94 bits per heavy atom. The van der Waals surface area contributed by atoms with Crippen LogP contribution in [-0.4, -0.2) is 16.6 Å². The average Bonchev–Trinajstić information content (AvgIpc) is 2.25. The molecule has 0 spiro atoms. The zero-order valence-electron chi connectivity index (χ0n) is 10.6. The summed E-state index contributed by atoms with van der Waals surface area (Å²) < 4.78 is 5.58. The summed E-state index contributed by atoms with van der Waals surface area (Å²) in [5.41, 5.74) is 7.91. The lowest BCUT2D eigenvalue weighted by Gasteiger charge is -2.16. The molecule has 0 aliphatic heterocycles. The standard InChI is InChI=1S/C12H21N3O/c1-5-9-8(4)14-12(15-11(9)13)10(6-2)16-7-3/h10H,5-7H2,1-4H3,(H2,13,14,15). The first kappa shape index (κ1) is 12.9. The van der Waals surface area contributed by atoms with Crippen molar-refractivity contribution >= 4 is 5.82 Å². The molecule has 4 heteroatoms. The van der Waals surface area contributed by atoms with E-state index in [2.05, 4.69) is 23.8 Å². The Bertz CT molecular complexity index is 329. The summed E-state index contributed by atoms with van der Waals surface area (Å²) >= 11 is 0. The van der Waals surface area contributed by atoms with Crippen molar-refractivity contribution in [3.63, 3.8) is 0 Å². The molecule has 90 valence electrons. The van der Waals surface area contributed by atoms with Crippen LogP contribution in [0.5, 0.6) is 0 Å². The quantitative estimate of drug-likeness (QED) is 0.832. The minimum absolute atomic E-state index is 0.0445. The summed E-state index contributed by atoms with van der Waals surface area (Å²) in [6.45, 7) is 8.72. The van der Waals surface area contributed by atoms with Gasteiger partial charge in [0.1, 0.15) is 11.9 Å². The van der Waals surface area contributed by atoms with Gasteiger partial charge in [-0.25, -0.2) is 9.97 Å². The van der Waals surface area contributed by atoms with Crippen LogP contribution in [0.3, 0.4) is 0 Å². The van der Waals surface area contributed by atoms with Gasteiger partial charge >= 0.3 is 0 Å². The topological polar surface area (TPSA) is 61.0 Å². The number of aromatic nitrogens is 2. The van der Waals surface area contributed by atoms with Crippen LogP contribution in [0.25, 0.3) is 0 Å². The molecular formula is C12H21N3O. The van der Waals surface area contributed by atoms with Crippen molar-refractivity contribution in [3.05, 3.63) is 17.1 Å².